The molecular formula is C19H19N3O3. The summed E-state index contributed by atoms with van der Waals surface area (Å²) in [7, 11) is 1.60. The Balaban J connectivity index is 1.83. The molecule has 0 saturated heterocycles. The van der Waals surface area contributed by atoms with Crippen LogP contribution in [0.25, 0.3) is 0 Å². The summed E-state index contributed by atoms with van der Waals surface area (Å²) in [5.74, 6) is 3.50. The molecule has 0 aliphatic rings. The molecule has 0 fully saturated rings. The summed E-state index contributed by atoms with van der Waals surface area (Å²) in [4.78, 5) is 11.8. The van der Waals surface area contributed by atoms with Gasteiger partial charge >= 0.3 is 0 Å². The van der Waals surface area contributed by atoms with Gasteiger partial charge in [-0.25, -0.2) is 5.43 Å². The molecule has 2 aromatic rings. The summed E-state index contributed by atoms with van der Waals surface area (Å²) >= 11 is 0. The largest absolute Gasteiger partial charge is 0.497 e. The Bertz CT molecular complexity index is 764. The third-order valence-corrected chi connectivity index (χ3v) is 3.17. The topological polar surface area (TPSA) is 72.0 Å². The molecular weight excluding hydrogens is 318 g/mol. The maximum Gasteiger partial charge on any atom is 0.259 e. The van der Waals surface area contributed by atoms with Crippen molar-refractivity contribution in [3.05, 3.63) is 54.1 Å². The van der Waals surface area contributed by atoms with Gasteiger partial charge in [0, 0.05) is 11.3 Å². The van der Waals surface area contributed by atoms with E-state index >= 15 is 0 Å². The molecule has 128 valence electrons. The zero-order chi connectivity index (χ0) is 17.9. The fourth-order valence-electron chi connectivity index (χ4n) is 1.94. The minimum Gasteiger partial charge on any atom is -0.497 e. The van der Waals surface area contributed by atoms with Gasteiger partial charge in [0.25, 0.3) is 5.91 Å². The van der Waals surface area contributed by atoms with Gasteiger partial charge in [0.05, 0.1) is 19.9 Å². The number of nitrogens with one attached hydrogen (secondary N) is 2. The predicted octanol–water partition coefficient (Wildman–Crippen LogP) is 2.27. The lowest BCUT2D eigenvalue weighted by atomic mass is 10.2. The quantitative estimate of drug-likeness (QED) is 0.440. The molecule has 0 aliphatic heterocycles. The van der Waals surface area contributed by atoms with E-state index in [1.807, 2.05) is 42.5 Å². The first-order valence-electron chi connectivity index (χ1n) is 7.58. The van der Waals surface area contributed by atoms with Gasteiger partial charge in [-0.05, 0) is 36.4 Å². The lowest BCUT2D eigenvalue weighted by molar-refractivity contribution is -0.119. The average Bonchev–Trinajstić information content (AvgIpc) is 2.66. The molecule has 0 heterocycles. The van der Waals surface area contributed by atoms with Gasteiger partial charge in [-0.15, -0.1) is 6.42 Å². The molecule has 6 heteroatoms. The summed E-state index contributed by atoms with van der Waals surface area (Å²) in [6, 6.07) is 14.6. The highest BCUT2D eigenvalue weighted by atomic mass is 16.5. The van der Waals surface area contributed by atoms with Crippen LogP contribution in [0.2, 0.25) is 0 Å². The van der Waals surface area contributed by atoms with Crippen molar-refractivity contribution in [1.82, 2.24) is 5.43 Å². The SMILES string of the molecule is C#CCOc1ccccc1/C=N\NC(=O)CNc1ccc(OC)cc1. The van der Waals surface area contributed by atoms with Crippen molar-refractivity contribution in [3.8, 4) is 23.8 Å². The Kier molecular flexibility index (Phi) is 6.89. The van der Waals surface area contributed by atoms with E-state index in [1.165, 1.54) is 6.21 Å². The summed E-state index contributed by atoms with van der Waals surface area (Å²) < 4.78 is 10.5. The number of hydrogen-bond acceptors (Lipinski definition) is 5. The van der Waals surface area contributed by atoms with Crippen molar-refractivity contribution in [1.29, 1.82) is 0 Å². The molecule has 2 N–H and O–H groups in total. The summed E-state index contributed by atoms with van der Waals surface area (Å²) in [6.07, 6.45) is 6.70. The number of terminal acetylenes is 1. The van der Waals surface area contributed by atoms with Gasteiger partial charge in [-0.2, -0.15) is 5.10 Å². The summed E-state index contributed by atoms with van der Waals surface area (Å²) in [5.41, 5.74) is 3.99. The van der Waals surface area contributed by atoms with Gasteiger partial charge in [0.1, 0.15) is 18.1 Å². The smallest absolute Gasteiger partial charge is 0.259 e. The monoisotopic (exact) mass is 337 g/mol. The second-order valence-corrected chi connectivity index (χ2v) is 4.91. The maximum atomic E-state index is 11.8. The third kappa shape index (κ3) is 5.92. The number of carbonyl (C=O) groups excluding carboxylic acids is 1. The second kappa shape index (κ2) is 9.63. The first-order valence-corrected chi connectivity index (χ1v) is 7.58. The van der Waals surface area contributed by atoms with Crippen molar-refractivity contribution >= 4 is 17.8 Å². The van der Waals surface area contributed by atoms with E-state index in [4.69, 9.17) is 15.9 Å². The van der Waals surface area contributed by atoms with Crippen molar-refractivity contribution in [2.45, 2.75) is 0 Å². The number of nitrogens with zero attached hydrogens (tertiary/aromatic N) is 1. The van der Waals surface area contributed by atoms with Crippen molar-refractivity contribution < 1.29 is 14.3 Å². The Morgan fingerprint density at radius 2 is 2.00 bits per heavy atom. The van der Waals surface area contributed by atoms with Crippen LogP contribution < -0.4 is 20.2 Å². The van der Waals surface area contributed by atoms with Crippen LogP contribution in [-0.2, 0) is 4.79 Å². The number of methoxy groups -OCH3 is 1. The van der Waals surface area contributed by atoms with Gasteiger partial charge in [0.2, 0.25) is 0 Å². The van der Waals surface area contributed by atoms with Crippen LogP contribution in [0.15, 0.2) is 53.6 Å². The van der Waals surface area contributed by atoms with Crippen molar-refractivity contribution in [2.24, 2.45) is 5.10 Å². The number of benzene rings is 2. The molecule has 0 unspecified atom stereocenters. The van der Waals surface area contributed by atoms with Crippen LogP contribution in [-0.4, -0.2) is 32.4 Å². The lowest BCUT2D eigenvalue weighted by Crippen LogP contribution is -2.25. The van der Waals surface area contributed by atoms with E-state index < -0.39 is 0 Å². The average molecular weight is 337 g/mol. The Morgan fingerprint density at radius 3 is 2.72 bits per heavy atom. The highest BCUT2D eigenvalue weighted by Crippen LogP contribution is 2.16. The summed E-state index contributed by atoms with van der Waals surface area (Å²) in [6.45, 7) is 0.266. The lowest BCUT2D eigenvalue weighted by Gasteiger charge is -2.07. The minimum absolute atomic E-state index is 0.0961. The highest BCUT2D eigenvalue weighted by Gasteiger charge is 2.02. The molecule has 0 aromatic heterocycles. The van der Waals surface area contributed by atoms with E-state index in [9.17, 15) is 4.79 Å². The van der Waals surface area contributed by atoms with E-state index in [0.29, 0.717) is 5.75 Å². The third-order valence-electron chi connectivity index (χ3n) is 3.17. The Morgan fingerprint density at radius 1 is 1.24 bits per heavy atom. The number of para-hydroxylation sites is 1. The van der Waals surface area contributed by atoms with Gasteiger partial charge in [-0.3, -0.25) is 4.79 Å². The van der Waals surface area contributed by atoms with Crippen LogP contribution >= 0.6 is 0 Å². The minimum atomic E-state index is -0.269. The number of ether oxygens (including phenoxy) is 2. The molecule has 2 rings (SSSR count). The number of rotatable bonds is 8. The van der Waals surface area contributed by atoms with Crippen LogP contribution in [0.4, 0.5) is 5.69 Å². The molecule has 0 radical (unpaired) electrons. The number of hydrazone groups is 1. The van der Waals surface area contributed by atoms with E-state index in [-0.39, 0.29) is 19.1 Å². The maximum absolute atomic E-state index is 11.8. The molecule has 0 aliphatic carbocycles. The van der Waals surface area contributed by atoms with Gasteiger partial charge < -0.3 is 14.8 Å². The molecule has 0 atom stereocenters. The van der Waals surface area contributed by atoms with E-state index in [2.05, 4.69) is 21.8 Å². The number of carbonyl (C=O) groups is 1. The molecule has 1 amide bonds. The number of anilines is 1. The second-order valence-electron chi connectivity index (χ2n) is 4.91. The molecule has 6 nitrogen and oxygen atoms in total. The molecule has 0 saturated carbocycles. The predicted molar refractivity (Wildman–Crippen MR) is 98.0 cm³/mol. The highest BCUT2D eigenvalue weighted by molar-refractivity contribution is 5.86. The zero-order valence-electron chi connectivity index (χ0n) is 13.9. The van der Waals surface area contributed by atoms with Crippen LogP contribution in [0.3, 0.4) is 0 Å². The normalized spacial score (nSPS) is 10.1. The van der Waals surface area contributed by atoms with Gasteiger partial charge in [-0.1, -0.05) is 18.1 Å². The van der Waals surface area contributed by atoms with Gasteiger partial charge in [0.15, 0.2) is 0 Å². The van der Waals surface area contributed by atoms with E-state index in [1.54, 1.807) is 13.2 Å². The molecule has 2 aromatic carbocycles. The summed E-state index contributed by atoms with van der Waals surface area (Å²) in [5, 5.41) is 6.93. The van der Waals surface area contributed by atoms with Crippen molar-refractivity contribution in [3.63, 3.8) is 0 Å². The van der Waals surface area contributed by atoms with Crippen LogP contribution in [0, 0.1) is 12.3 Å². The standard InChI is InChI=1S/C19H19N3O3/c1-3-12-25-18-7-5-4-6-15(18)13-21-22-19(23)14-20-16-8-10-17(24-2)11-9-16/h1,4-11,13,20H,12,14H2,2H3,(H,22,23)/b21-13-. The van der Waals surface area contributed by atoms with Crippen molar-refractivity contribution in [2.75, 3.05) is 25.6 Å². The Hall–Kier alpha value is -3.46. The first kappa shape index (κ1) is 17.9. The van der Waals surface area contributed by atoms with Crippen LogP contribution in [0.5, 0.6) is 11.5 Å². The first-order chi connectivity index (χ1) is 12.2. The Labute approximate surface area is 146 Å². The molecule has 25 heavy (non-hydrogen) atoms. The number of hydrogen-bond donors (Lipinski definition) is 2. The fourth-order valence-corrected chi connectivity index (χ4v) is 1.94. The number of amides is 1. The molecule has 0 spiro atoms. The zero-order valence-corrected chi connectivity index (χ0v) is 13.9. The van der Waals surface area contributed by atoms with E-state index in [0.717, 1.165) is 17.0 Å². The molecule has 0 bridgehead atoms. The fraction of sp³-hybridized carbons (Fsp3) is 0.158. The van der Waals surface area contributed by atoms with Crippen LogP contribution in [0.1, 0.15) is 5.56 Å².